The van der Waals surface area contributed by atoms with Gasteiger partial charge in [-0.15, -0.1) is 0 Å². The Labute approximate surface area is 158 Å². The first-order chi connectivity index (χ1) is 13.2. The summed E-state index contributed by atoms with van der Waals surface area (Å²) in [6, 6.07) is 23.9. The zero-order valence-corrected chi connectivity index (χ0v) is 15.2. The number of benzene rings is 3. The molecule has 0 spiro atoms. The van der Waals surface area contributed by atoms with Crippen molar-refractivity contribution in [3.8, 4) is 23.0 Å². The second-order valence-corrected chi connectivity index (χ2v) is 5.84. The van der Waals surface area contributed by atoms with Crippen molar-refractivity contribution in [2.75, 3.05) is 12.4 Å². The molecule has 0 heterocycles. The molecule has 27 heavy (non-hydrogen) atoms. The van der Waals surface area contributed by atoms with Gasteiger partial charge in [0.25, 0.3) is 5.91 Å². The summed E-state index contributed by atoms with van der Waals surface area (Å²) in [4.78, 5) is 12.4. The minimum absolute atomic E-state index is 0.252. The number of rotatable bonds is 7. The molecule has 3 aromatic rings. The molecule has 0 aromatic heterocycles. The Morgan fingerprint density at radius 2 is 1.41 bits per heavy atom. The van der Waals surface area contributed by atoms with E-state index in [1.54, 1.807) is 50.4 Å². The van der Waals surface area contributed by atoms with Crippen LogP contribution in [-0.4, -0.2) is 19.1 Å². The molecule has 0 aliphatic heterocycles. The summed E-state index contributed by atoms with van der Waals surface area (Å²) < 4.78 is 16.7. The summed E-state index contributed by atoms with van der Waals surface area (Å²) in [5.74, 6) is 2.30. The first-order valence-electron chi connectivity index (χ1n) is 8.59. The van der Waals surface area contributed by atoms with Crippen molar-refractivity contribution in [1.82, 2.24) is 0 Å². The predicted octanol–water partition coefficient (Wildman–Crippen LogP) is 4.89. The Bertz CT molecular complexity index is 878. The first-order valence-corrected chi connectivity index (χ1v) is 8.59. The lowest BCUT2D eigenvalue weighted by Crippen LogP contribution is -2.30. The molecule has 3 rings (SSSR count). The van der Waals surface area contributed by atoms with Gasteiger partial charge in [0.2, 0.25) is 0 Å². The molecule has 1 amide bonds. The summed E-state index contributed by atoms with van der Waals surface area (Å²) in [6.45, 7) is 1.69. The molecule has 0 saturated heterocycles. The minimum Gasteiger partial charge on any atom is -0.493 e. The molecule has 0 radical (unpaired) electrons. The van der Waals surface area contributed by atoms with Gasteiger partial charge in [0.15, 0.2) is 17.6 Å². The molecular weight excluding hydrogens is 342 g/mol. The predicted molar refractivity (Wildman–Crippen MR) is 105 cm³/mol. The Morgan fingerprint density at radius 3 is 2.07 bits per heavy atom. The monoisotopic (exact) mass is 363 g/mol. The van der Waals surface area contributed by atoms with Crippen molar-refractivity contribution in [2.24, 2.45) is 0 Å². The highest BCUT2D eigenvalue weighted by Gasteiger charge is 2.16. The van der Waals surface area contributed by atoms with Crippen LogP contribution in [-0.2, 0) is 4.79 Å². The van der Waals surface area contributed by atoms with Crippen molar-refractivity contribution in [3.63, 3.8) is 0 Å². The van der Waals surface area contributed by atoms with Crippen molar-refractivity contribution < 1.29 is 19.0 Å². The van der Waals surface area contributed by atoms with E-state index < -0.39 is 6.10 Å². The third kappa shape index (κ3) is 5.01. The van der Waals surface area contributed by atoms with Gasteiger partial charge in [0.1, 0.15) is 11.5 Å². The van der Waals surface area contributed by atoms with Crippen molar-refractivity contribution in [1.29, 1.82) is 0 Å². The number of methoxy groups -OCH3 is 1. The van der Waals surface area contributed by atoms with Crippen LogP contribution in [0, 0.1) is 0 Å². The SMILES string of the molecule is COc1ccccc1O[C@H](C)C(=O)Nc1ccc(Oc2ccccc2)cc1. The van der Waals surface area contributed by atoms with Gasteiger partial charge >= 0.3 is 0 Å². The smallest absolute Gasteiger partial charge is 0.265 e. The van der Waals surface area contributed by atoms with Gasteiger partial charge in [-0.2, -0.15) is 0 Å². The molecule has 5 heteroatoms. The van der Waals surface area contributed by atoms with E-state index in [4.69, 9.17) is 14.2 Å². The fraction of sp³-hybridized carbons (Fsp3) is 0.136. The van der Waals surface area contributed by atoms with Crippen LogP contribution in [0.5, 0.6) is 23.0 Å². The number of carbonyl (C=O) groups is 1. The number of hydrogen-bond acceptors (Lipinski definition) is 4. The van der Waals surface area contributed by atoms with Gasteiger partial charge in [-0.1, -0.05) is 30.3 Å². The van der Waals surface area contributed by atoms with Crippen LogP contribution in [0.4, 0.5) is 5.69 Å². The van der Waals surface area contributed by atoms with Gasteiger partial charge in [0.05, 0.1) is 7.11 Å². The Balaban J connectivity index is 1.58. The van der Waals surface area contributed by atoms with E-state index in [0.29, 0.717) is 22.9 Å². The lowest BCUT2D eigenvalue weighted by Gasteiger charge is -2.16. The lowest BCUT2D eigenvalue weighted by atomic mass is 10.2. The third-order valence-electron chi connectivity index (χ3n) is 3.84. The number of amides is 1. The first kappa shape index (κ1) is 18.3. The summed E-state index contributed by atoms with van der Waals surface area (Å²) >= 11 is 0. The second-order valence-electron chi connectivity index (χ2n) is 5.84. The normalized spacial score (nSPS) is 11.3. The van der Waals surface area contributed by atoms with Gasteiger partial charge in [-0.25, -0.2) is 0 Å². The highest BCUT2D eigenvalue weighted by Crippen LogP contribution is 2.27. The maximum Gasteiger partial charge on any atom is 0.265 e. The van der Waals surface area contributed by atoms with E-state index in [2.05, 4.69) is 5.32 Å². The van der Waals surface area contributed by atoms with Crippen LogP contribution >= 0.6 is 0 Å². The summed E-state index contributed by atoms with van der Waals surface area (Å²) in [5, 5.41) is 2.83. The van der Waals surface area contributed by atoms with Crippen molar-refractivity contribution >= 4 is 11.6 Å². The van der Waals surface area contributed by atoms with Crippen LogP contribution in [0.3, 0.4) is 0 Å². The van der Waals surface area contributed by atoms with Crippen molar-refractivity contribution in [2.45, 2.75) is 13.0 Å². The maximum atomic E-state index is 12.4. The van der Waals surface area contributed by atoms with E-state index in [0.717, 1.165) is 5.75 Å². The average molecular weight is 363 g/mol. The summed E-state index contributed by atoms with van der Waals surface area (Å²) in [5.41, 5.74) is 0.663. The molecule has 138 valence electrons. The molecule has 1 N–H and O–H groups in total. The summed E-state index contributed by atoms with van der Waals surface area (Å²) in [7, 11) is 1.56. The second kappa shape index (κ2) is 8.76. The van der Waals surface area contributed by atoms with Crippen LogP contribution in [0.25, 0.3) is 0 Å². The van der Waals surface area contributed by atoms with Crippen LogP contribution in [0.1, 0.15) is 6.92 Å². The lowest BCUT2D eigenvalue weighted by molar-refractivity contribution is -0.122. The standard InChI is InChI=1S/C22H21NO4/c1-16(26-21-11-7-6-10-20(21)25-2)22(24)23-17-12-14-19(15-13-17)27-18-8-4-3-5-9-18/h3-16H,1-2H3,(H,23,24)/t16-/m1/s1. The number of carbonyl (C=O) groups excluding carboxylic acids is 1. The Hall–Kier alpha value is -3.47. The van der Waals surface area contributed by atoms with Gasteiger partial charge < -0.3 is 19.5 Å². The fourth-order valence-electron chi connectivity index (χ4n) is 2.43. The average Bonchev–Trinajstić information content (AvgIpc) is 2.70. The van der Waals surface area contributed by atoms with Crippen molar-refractivity contribution in [3.05, 3.63) is 78.9 Å². The quantitative estimate of drug-likeness (QED) is 0.649. The highest BCUT2D eigenvalue weighted by atomic mass is 16.5. The van der Waals surface area contributed by atoms with E-state index >= 15 is 0 Å². The molecule has 0 unspecified atom stereocenters. The topological polar surface area (TPSA) is 56.8 Å². The van der Waals surface area contributed by atoms with E-state index in [1.165, 1.54) is 0 Å². The Kier molecular flexibility index (Phi) is 5.94. The molecular formula is C22H21NO4. The van der Waals surface area contributed by atoms with Crippen LogP contribution in [0.15, 0.2) is 78.9 Å². The molecule has 0 aliphatic carbocycles. The number of nitrogens with one attached hydrogen (secondary N) is 1. The number of para-hydroxylation sites is 3. The zero-order valence-electron chi connectivity index (χ0n) is 15.2. The molecule has 0 bridgehead atoms. The Morgan fingerprint density at radius 1 is 0.815 bits per heavy atom. The minimum atomic E-state index is -0.679. The third-order valence-corrected chi connectivity index (χ3v) is 3.84. The van der Waals surface area contributed by atoms with Gasteiger partial charge in [0, 0.05) is 5.69 Å². The maximum absolute atomic E-state index is 12.4. The van der Waals surface area contributed by atoms with E-state index in [9.17, 15) is 4.79 Å². The zero-order chi connectivity index (χ0) is 19.1. The largest absolute Gasteiger partial charge is 0.493 e. The number of anilines is 1. The fourth-order valence-corrected chi connectivity index (χ4v) is 2.43. The number of ether oxygens (including phenoxy) is 3. The molecule has 0 fully saturated rings. The van der Waals surface area contributed by atoms with Gasteiger partial charge in [-0.05, 0) is 55.5 Å². The molecule has 0 aliphatic rings. The van der Waals surface area contributed by atoms with Crippen LogP contribution < -0.4 is 19.5 Å². The highest BCUT2D eigenvalue weighted by molar-refractivity contribution is 5.94. The molecule has 3 aromatic carbocycles. The van der Waals surface area contributed by atoms with Gasteiger partial charge in [-0.3, -0.25) is 4.79 Å². The van der Waals surface area contributed by atoms with Crippen LogP contribution in [0.2, 0.25) is 0 Å². The molecule has 5 nitrogen and oxygen atoms in total. The molecule has 0 saturated carbocycles. The van der Waals surface area contributed by atoms with E-state index in [-0.39, 0.29) is 5.91 Å². The number of hydrogen-bond donors (Lipinski definition) is 1. The molecule has 1 atom stereocenters. The van der Waals surface area contributed by atoms with E-state index in [1.807, 2.05) is 42.5 Å². The summed E-state index contributed by atoms with van der Waals surface area (Å²) in [6.07, 6.45) is -0.679.